The van der Waals surface area contributed by atoms with E-state index in [4.69, 9.17) is 5.73 Å². The molecule has 0 aromatic heterocycles. The first kappa shape index (κ1) is 13.1. The first-order valence-electron chi connectivity index (χ1n) is 7.89. The highest BCUT2D eigenvalue weighted by atomic mass is 15.2. The lowest BCUT2D eigenvalue weighted by atomic mass is 9.78. The molecular weight excluding hydrogens is 232 g/mol. The Bertz CT molecular complexity index is 382. The van der Waals surface area contributed by atoms with Gasteiger partial charge in [0, 0.05) is 12.1 Å². The lowest BCUT2D eigenvalue weighted by Gasteiger charge is -2.43. The topological polar surface area (TPSA) is 29.3 Å². The summed E-state index contributed by atoms with van der Waals surface area (Å²) in [5, 5.41) is 0. The number of piperidine rings is 1. The molecule has 1 saturated heterocycles. The van der Waals surface area contributed by atoms with Crippen molar-refractivity contribution in [3.05, 3.63) is 35.9 Å². The van der Waals surface area contributed by atoms with Gasteiger partial charge in [0.1, 0.15) is 0 Å². The van der Waals surface area contributed by atoms with Gasteiger partial charge in [-0.1, -0.05) is 43.2 Å². The molecule has 1 aliphatic heterocycles. The van der Waals surface area contributed by atoms with E-state index in [2.05, 4.69) is 35.2 Å². The van der Waals surface area contributed by atoms with E-state index < -0.39 is 0 Å². The van der Waals surface area contributed by atoms with Crippen LogP contribution in [0.15, 0.2) is 30.3 Å². The van der Waals surface area contributed by atoms with Crippen LogP contribution in [0.1, 0.15) is 50.0 Å². The summed E-state index contributed by atoms with van der Waals surface area (Å²) in [5.74, 6) is 0.740. The zero-order valence-corrected chi connectivity index (χ0v) is 11.8. The predicted molar refractivity (Wildman–Crippen MR) is 80.2 cm³/mol. The monoisotopic (exact) mass is 258 g/mol. The van der Waals surface area contributed by atoms with Gasteiger partial charge in [0.15, 0.2) is 0 Å². The number of rotatable bonds is 2. The molecule has 1 aromatic carbocycles. The van der Waals surface area contributed by atoms with Gasteiger partial charge in [0.25, 0.3) is 0 Å². The molecule has 1 saturated carbocycles. The normalized spacial score (nSPS) is 30.4. The summed E-state index contributed by atoms with van der Waals surface area (Å²) < 4.78 is 0. The van der Waals surface area contributed by atoms with Crippen molar-refractivity contribution in [2.45, 2.75) is 56.5 Å². The van der Waals surface area contributed by atoms with Crippen LogP contribution in [0, 0.1) is 0 Å². The minimum atomic E-state index is 0.440. The van der Waals surface area contributed by atoms with Gasteiger partial charge in [-0.2, -0.15) is 0 Å². The van der Waals surface area contributed by atoms with Crippen LogP contribution in [-0.4, -0.2) is 30.1 Å². The minimum Gasteiger partial charge on any atom is -0.328 e. The summed E-state index contributed by atoms with van der Waals surface area (Å²) >= 11 is 0. The highest BCUT2D eigenvalue weighted by Crippen LogP contribution is 2.36. The lowest BCUT2D eigenvalue weighted by molar-refractivity contribution is 0.106. The zero-order valence-electron chi connectivity index (χ0n) is 11.8. The Balaban J connectivity index is 1.74. The summed E-state index contributed by atoms with van der Waals surface area (Å²) in [6.45, 7) is 2.41. The molecule has 2 nitrogen and oxygen atoms in total. The molecule has 2 heteroatoms. The quantitative estimate of drug-likeness (QED) is 0.883. The molecule has 2 atom stereocenters. The van der Waals surface area contributed by atoms with E-state index in [-0.39, 0.29) is 0 Å². The second-order valence-electron chi connectivity index (χ2n) is 6.24. The SMILES string of the molecule is NC1CCN(C2CCCCC2c2ccccc2)CC1. The molecule has 1 heterocycles. The molecule has 104 valence electrons. The number of nitrogens with two attached hydrogens (primary N) is 1. The van der Waals surface area contributed by atoms with Gasteiger partial charge in [-0.3, -0.25) is 4.90 Å². The molecule has 3 rings (SSSR count). The van der Waals surface area contributed by atoms with Crippen LogP contribution in [0.4, 0.5) is 0 Å². The molecule has 1 aromatic rings. The van der Waals surface area contributed by atoms with E-state index in [1.54, 1.807) is 5.56 Å². The summed E-state index contributed by atoms with van der Waals surface area (Å²) in [6, 6.07) is 12.3. The second kappa shape index (κ2) is 6.06. The molecule has 2 N–H and O–H groups in total. The van der Waals surface area contributed by atoms with Crippen molar-refractivity contribution in [3.8, 4) is 0 Å². The Morgan fingerprint density at radius 1 is 0.895 bits per heavy atom. The summed E-state index contributed by atoms with van der Waals surface area (Å²) in [7, 11) is 0. The fraction of sp³-hybridized carbons (Fsp3) is 0.647. The van der Waals surface area contributed by atoms with E-state index in [0.717, 1.165) is 12.0 Å². The van der Waals surface area contributed by atoms with Gasteiger partial charge in [0.2, 0.25) is 0 Å². The maximum Gasteiger partial charge on any atom is 0.0164 e. The summed E-state index contributed by atoms with van der Waals surface area (Å²) in [6.07, 6.45) is 7.88. The lowest BCUT2D eigenvalue weighted by Crippen LogP contribution is -2.48. The smallest absolute Gasteiger partial charge is 0.0164 e. The molecule has 2 unspecified atom stereocenters. The van der Waals surface area contributed by atoms with E-state index in [1.807, 2.05) is 0 Å². The first-order valence-corrected chi connectivity index (χ1v) is 7.89. The standard InChI is InChI=1S/C17H26N2/c18-15-10-12-19(13-11-15)17-9-5-4-8-16(17)14-6-2-1-3-7-14/h1-3,6-7,15-17H,4-5,8-13,18H2. The maximum atomic E-state index is 6.05. The van der Waals surface area contributed by atoms with E-state index in [9.17, 15) is 0 Å². The van der Waals surface area contributed by atoms with Crippen molar-refractivity contribution in [1.29, 1.82) is 0 Å². The van der Waals surface area contributed by atoms with Crippen LogP contribution in [0.5, 0.6) is 0 Å². The molecule has 2 aliphatic rings. The average molecular weight is 258 g/mol. The van der Waals surface area contributed by atoms with Crippen molar-refractivity contribution >= 4 is 0 Å². The van der Waals surface area contributed by atoms with Crippen molar-refractivity contribution in [2.24, 2.45) is 5.73 Å². The van der Waals surface area contributed by atoms with Crippen LogP contribution in [0.2, 0.25) is 0 Å². The van der Waals surface area contributed by atoms with Gasteiger partial charge >= 0.3 is 0 Å². The molecule has 0 radical (unpaired) electrons. The third-order valence-corrected chi connectivity index (χ3v) is 5.00. The highest BCUT2D eigenvalue weighted by molar-refractivity contribution is 5.22. The number of nitrogens with zero attached hydrogens (tertiary/aromatic N) is 1. The molecule has 0 bridgehead atoms. The van der Waals surface area contributed by atoms with Crippen LogP contribution in [-0.2, 0) is 0 Å². The Hall–Kier alpha value is -0.860. The molecule has 1 aliphatic carbocycles. The Morgan fingerprint density at radius 3 is 2.32 bits per heavy atom. The molecule has 2 fully saturated rings. The Morgan fingerprint density at radius 2 is 1.58 bits per heavy atom. The Labute approximate surface area is 117 Å². The fourth-order valence-electron chi connectivity index (χ4n) is 3.89. The molecule has 19 heavy (non-hydrogen) atoms. The first-order chi connectivity index (χ1) is 9.34. The van der Waals surface area contributed by atoms with Gasteiger partial charge in [-0.15, -0.1) is 0 Å². The van der Waals surface area contributed by atoms with Gasteiger partial charge in [-0.05, 0) is 50.3 Å². The van der Waals surface area contributed by atoms with Crippen molar-refractivity contribution in [3.63, 3.8) is 0 Å². The number of benzene rings is 1. The number of hydrogen-bond acceptors (Lipinski definition) is 2. The molecular formula is C17H26N2. The van der Waals surface area contributed by atoms with E-state index in [0.29, 0.717) is 6.04 Å². The third-order valence-electron chi connectivity index (χ3n) is 5.00. The third kappa shape index (κ3) is 3.01. The van der Waals surface area contributed by atoms with Crippen LogP contribution in [0.3, 0.4) is 0 Å². The van der Waals surface area contributed by atoms with E-state index in [1.165, 1.54) is 51.6 Å². The van der Waals surface area contributed by atoms with Crippen molar-refractivity contribution < 1.29 is 0 Å². The highest BCUT2D eigenvalue weighted by Gasteiger charge is 2.32. The van der Waals surface area contributed by atoms with Gasteiger partial charge in [-0.25, -0.2) is 0 Å². The van der Waals surface area contributed by atoms with Crippen molar-refractivity contribution in [1.82, 2.24) is 4.90 Å². The average Bonchev–Trinajstić information content (AvgIpc) is 2.49. The molecule has 0 amide bonds. The minimum absolute atomic E-state index is 0.440. The predicted octanol–water partition coefficient (Wildman–Crippen LogP) is 3.14. The van der Waals surface area contributed by atoms with Crippen LogP contribution in [0.25, 0.3) is 0 Å². The van der Waals surface area contributed by atoms with Gasteiger partial charge < -0.3 is 5.73 Å². The second-order valence-corrected chi connectivity index (χ2v) is 6.24. The van der Waals surface area contributed by atoms with Gasteiger partial charge in [0.05, 0.1) is 0 Å². The van der Waals surface area contributed by atoms with Crippen molar-refractivity contribution in [2.75, 3.05) is 13.1 Å². The summed E-state index contributed by atoms with van der Waals surface area (Å²) in [5.41, 5.74) is 7.59. The molecule has 0 spiro atoms. The largest absolute Gasteiger partial charge is 0.328 e. The zero-order chi connectivity index (χ0) is 13.1. The maximum absolute atomic E-state index is 6.05. The van der Waals surface area contributed by atoms with E-state index >= 15 is 0 Å². The van der Waals surface area contributed by atoms with Crippen LogP contribution < -0.4 is 5.73 Å². The number of hydrogen-bond donors (Lipinski definition) is 1. The summed E-state index contributed by atoms with van der Waals surface area (Å²) in [4.78, 5) is 2.72. The fourth-order valence-corrected chi connectivity index (χ4v) is 3.89. The van der Waals surface area contributed by atoms with Crippen LogP contribution >= 0.6 is 0 Å². The number of likely N-dealkylation sites (tertiary alicyclic amines) is 1. The Kier molecular flexibility index (Phi) is 4.19.